The molecule has 4 aromatic heterocycles. The van der Waals surface area contributed by atoms with Crippen LogP contribution in [0.3, 0.4) is 0 Å². The van der Waals surface area contributed by atoms with Crippen LogP contribution in [-0.4, -0.2) is 44.3 Å². The van der Waals surface area contributed by atoms with Crippen LogP contribution in [0.1, 0.15) is 44.4 Å². The van der Waals surface area contributed by atoms with E-state index in [-0.39, 0.29) is 5.69 Å². The lowest BCUT2D eigenvalue weighted by Crippen LogP contribution is -2.26. The lowest BCUT2D eigenvalue weighted by molar-refractivity contribution is 0.637. The van der Waals surface area contributed by atoms with Crippen LogP contribution in [0.25, 0.3) is 28.5 Å². The van der Waals surface area contributed by atoms with Crippen LogP contribution in [0.15, 0.2) is 66.1 Å². The minimum Gasteiger partial charge on any atom is -0.317 e. The topological polar surface area (TPSA) is 112 Å². The summed E-state index contributed by atoms with van der Waals surface area (Å²) in [7, 11) is 0. The van der Waals surface area contributed by atoms with Crippen LogP contribution < -0.4 is 5.69 Å². The second-order valence-electron chi connectivity index (χ2n) is 8.74. The van der Waals surface area contributed by atoms with Crippen LogP contribution >= 0.6 is 0 Å². The summed E-state index contributed by atoms with van der Waals surface area (Å²) in [5, 5.41) is 14.0. The largest absolute Gasteiger partial charge is 0.335 e. The molecule has 0 unspecified atom stereocenters. The summed E-state index contributed by atoms with van der Waals surface area (Å²) < 4.78 is 5.56. The Labute approximate surface area is 208 Å². The van der Waals surface area contributed by atoms with Gasteiger partial charge in [0.25, 0.3) is 0 Å². The predicted octanol–water partition coefficient (Wildman–Crippen LogP) is 3.88. The van der Waals surface area contributed by atoms with Gasteiger partial charge in [0.2, 0.25) is 5.95 Å². The monoisotopic (exact) mass is 483 g/mol. The molecule has 0 atom stereocenters. The van der Waals surface area contributed by atoms with Gasteiger partial charge in [-0.1, -0.05) is 44.5 Å². The molecule has 0 radical (unpaired) electrons. The molecule has 0 saturated carbocycles. The third kappa shape index (κ3) is 4.61. The zero-order valence-electron chi connectivity index (χ0n) is 20.5. The zero-order chi connectivity index (χ0) is 24.9. The van der Waals surface area contributed by atoms with Crippen LogP contribution in [0.5, 0.6) is 0 Å². The molecule has 0 aliphatic heterocycles. The van der Waals surface area contributed by atoms with Crippen molar-refractivity contribution in [3.05, 3.63) is 83.1 Å². The molecule has 1 aromatic carbocycles. The number of aromatic amines is 1. The molecule has 10 heteroatoms. The molecule has 0 amide bonds. The smallest absolute Gasteiger partial charge is 0.317 e. The van der Waals surface area contributed by atoms with E-state index in [2.05, 4.69) is 44.4 Å². The van der Waals surface area contributed by atoms with Crippen molar-refractivity contribution < 1.29 is 0 Å². The number of rotatable bonds is 10. The minimum atomic E-state index is -0.0902. The number of nitrogens with one attached hydrogen (secondary N) is 1. The van der Waals surface area contributed by atoms with Gasteiger partial charge >= 0.3 is 5.69 Å². The van der Waals surface area contributed by atoms with E-state index < -0.39 is 0 Å². The van der Waals surface area contributed by atoms with Gasteiger partial charge in [0.1, 0.15) is 0 Å². The first-order chi connectivity index (χ1) is 17.7. The Balaban J connectivity index is 1.52. The number of imidazole rings is 2. The van der Waals surface area contributed by atoms with E-state index in [1.807, 2.05) is 58.1 Å². The normalized spacial score (nSPS) is 11.3. The standard InChI is InChI=1S/C26H29N9O/c1-3-5-6-22-18-35(25-28-13-15-33(25)14-4-2)26(36)34(22)17-21-16-27-12-11-23(21)19-7-9-20(10-8-19)24-29-31-32-30-24/h7-13,15-16,18H,3-6,14,17H2,1-2H3,(H,29,30,31,32). The van der Waals surface area contributed by atoms with Crippen molar-refractivity contribution in [2.75, 3.05) is 0 Å². The van der Waals surface area contributed by atoms with Gasteiger partial charge in [0, 0.05) is 48.8 Å². The molecule has 0 bridgehead atoms. The fourth-order valence-electron chi connectivity index (χ4n) is 4.43. The summed E-state index contributed by atoms with van der Waals surface area (Å²) in [6.07, 6.45) is 13.1. The zero-order valence-corrected chi connectivity index (χ0v) is 20.5. The van der Waals surface area contributed by atoms with Gasteiger partial charge in [-0.3, -0.25) is 9.55 Å². The number of unbranched alkanes of at least 4 members (excludes halogenated alkanes) is 1. The van der Waals surface area contributed by atoms with Crippen molar-refractivity contribution in [1.29, 1.82) is 0 Å². The van der Waals surface area contributed by atoms with Gasteiger partial charge in [-0.05, 0) is 52.4 Å². The van der Waals surface area contributed by atoms with Crippen LogP contribution in [0.2, 0.25) is 0 Å². The number of hydrogen-bond donors (Lipinski definition) is 1. The van der Waals surface area contributed by atoms with Crippen LogP contribution in [0.4, 0.5) is 0 Å². The van der Waals surface area contributed by atoms with Crippen molar-refractivity contribution in [3.63, 3.8) is 0 Å². The van der Waals surface area contributed by atoms with Gasteiger partial charge < -0.3 is 4.57 Å². The van der Waals surface area contributed by atoms with Gasteiger partial charge in [-0.2, -0.15) is 0 Å². The number of hydrogen-bond acceptors (Lipinski definition) is 6. The molecule has 184 valence electrons. The third-order valence-electron chi connectivity index (χ3n) is 6.27. The average Bonchev–Trinajstić information content (AvgIpc) is 3.66. The maximum Gasteiger partial charge on any atom is 0.335 e. The second-order valence-corrected chi connectivity index (χ2v) is 8.74. The molecule has 5 aromatic rings. The lowest BCUT2D eigenvalue weighted by Gasteiger charge is -2.12. The number of aromatic nitrogens is 9. The molecule has 0 saturated heterocycles. The second kappa shape index (κ2) is 10.5. The lowest BCUT2D eigenvalue weighted by atomic mass is 10.00. The number of H-pyrrole nitrogens is 1. The van der Waals surface area contributed by atoms with Gasteiger partial charge in [0.15, 0.2) is 5.82 Å². The number of nitrogens with zero attached hydrogens (tertiary/aromatic N) is 8. The van der Waals surface area contributed by atoms with Crippen molar-refractivity contribution in [3.8, 4) is 28.5 Å². The summed E-state index contributed by atoms with van der Waals surface area (Å²) in [4.78, 5) is 22.5. The SMILES string of the molecule is CCCCc1cn(-c2nccn2CCC)c(=O)n1Cc1cnccc1-c1ccc(-c2nnn[nH]2)cc1. The fraction of sp³-hybridized carbons (Fsp3) is 0.308. The molecule has 0 aliphatic rings. The summed E-state index contributed by atoms with van der Waals surface area (Å²) >= 11 is 0. The number of pyridine rings is 1. The Morgan fingerprint density at radius 2 is 1.83 bits per heavy atom. The summed E-state index contributed by atoms with van der Waals surface area (Å²) in [5.74, 6) is 1.27. The third-order valence-corrected chi connectivity index (χ3v) is 6.27. The molecule has 4 heterocycles. The van der Waals surface area contributed by atoms with Crippen molar-refractivity contribution >= 4 is 0 Å². The predicted molar refractivity (Wildman–Crippen MR) is 137 cm³/mol. The van der Waals surface area contributed by atoms with Crippen LogP contribution in [-0.2, 0) is 19.5 Å². The van der Waals surface area contributed by atoms with Gasteiger partial charge in [-0.25, -0.2) is 19.4 Å². The Morgan fingerprint density at radius 1 is 1.00 bits per heavy atom. The van der Waals surface area contributed by atoms with Crippen LogP contribution in [0, 0.1) is 0 Å². The summed E-state index contributed by atoms with van der Waals surface area (Å²) in [6.45, 7) is 5.51. The summed E-state index contributed by atoms with van der Waals surface area (Å²) in [5.41, 5.74) is 4.84. The molecular formula is C26H29N9O. The molecule has 10 nitrogen and oxygen atoms in total. The van der Waals surface area contributed by atoms with Crippen molar-refractivity contribution in [1.82, 2.24) is 44.3 Å². The first-order valence-corrected chi connectivity index (χ1v) is 12.3. The minimum absolute atomic E-state index is 0.0902. The average molecular weight is 484 g/mol. The van der Waals surface area contributed by atoms with E-state index in [9.17, 15) is 4.79 Å². The molecule has 1 N–H and O–H groups in total. The quantitative estimate of drug-likeness (QED) is 0.323. The number of benzene rings is 1. The Kier molecular flexibility index (Phi) is 6.83. The van der Waals surface area contributed by atoms with Gasteiger partial charge in [0.05, 0.1) is 6.54 Å². The number of tetrazole rings is 1. The van der Waals surface area contributed by atoms with E-state index in [1.165, 1.54) is 0 Å². The van der Waals surface area contributed by atoms with Gasteiger partial charge in [-0.15, -0.1) is 5.10 Å². The highest BCUT2D eigenvalue weighted by Gasteiger charge is 2.17. The maximum absolute atomic E-state index is 13.7. The number of aryl methyl sites for hydroxylation is 2. The molecule has 0 spiro atoms. The van der Waals surface area contributed by atoms with E-state index in [1.54, 1.807) is 17.0 Å². The maximum atomic E-state index is 13.7. The molecule has 0 fully saturated rings. The van der Waals surface area contributed by atoms with Crippen molar-refractivity contribution in [2.24, 2.45) is 0 Å². The van der Waals surface area contributed by atoms with E-state index in [4.69, 9.17) is 0 Å². The first-order valence-electron chi connectivity index (χ1n) is 12.3. The highest BCUT2D eigenvalue weighted by atomic mass is 16.1. The highest BCUT2D eigenvalue weighted by molar-refractivity contribution is 5.69. The molecular weight excluding hydrogens is 454 g/mol. The molecule has 5 rings (SSSR count). The van der Waals surface area contributed by atoms with E-state index >= 15 is 0 Å². The molecule has 0 aliphatic carbocycles. The highest BCUT2D eigenvalue weighted by Crippen LogP contribution is 2.26. The fourth-order valence-corrected chi connectivity index (χ4v) is 4.43. The van der Waals surface area contributed by atoms with E-state index in [0.717, 1.165) is 60.2 Å². The Bertz CT molecular complexity index is 1480. The molecule has 36 heavy (non-hydrogen) atoms. The first kappa shape index (κ1) is 23.4. The Morgan fingerprint density at radius 3 is 2.58 bits per heavy atom. The van der Waals surface area contributed by atoms with Crippen molar-refractivity contribution in [2.45, 2.75) is 52.6 Å². The Hall–Kier alpha value is -4.34. The van der Waals surface area contributed by atoms with E-state index in [0.29, 0.717) is 18.3 Å². The summed E-state index contributed by atoms with van der Waals surface area (Å²) in [6, 6.07) is 10.0.